The minimum Gasteiger partial charge on any atom is -0.287 e. The number of fused-ring (bicyclic) bond motifs is 1. The molecule has 0 radical (unpaired) electrons. The second-order valence-corrected chi connectivity index (χ2v) is 5.51. The highest BCUT2D eigenvalue weighted by atomic mass is 35.5. The Morgan fingerprint density at radius 2 is 1.76 bits per heavy atom. The number of ketones is 1. The fraction of sp³-hybridized carbons (Fsp3) is 0.111. The van der Waals surface area contributed by atoms with Gasteiger partial charge in [-0.15, -0.1) is 0 Å². The van der Waals surface area contributed by atoms with Gasteiger partial charge in [0, 0.05) is 28.1 Å². The van der Waals surface area contributed by atoms with Gasteiger partial charge in [0.15, 0.2) is 6.20 Å². The molecule has 2 nitrogen and oxygen atoms in total. The molecule has 3 heteroatoms. The SMILES string of the molecule is Cc1cc[n+](CC(=O)c2ccc(Cl)cc2)c2ccccc12. The fourth-order valence-corrected chi connectivity index (χ4v) is 2.58. The third-order valence-corrected chi connectivity index (χ3v) is 3.87. The van der Waals surface area contributed by atoms with Crippen LogP contribution in [-0.2, 0) is 6.54 Å². The first-order valence-electron chi connectivity index (χ1n) is 6.82. The van der Waals surface area contributed by atoms with E-state index < -0.39 is 0 Å². The van der Waals surface area contributed by atoms with E-state index in [2.05, 4.69) is 13.0 Å². The van der Waals surface area contributed by atoms with Gasteiger partial charge in [-0.3, -0.25) is 4.79 Å². The molecule has 0 saturated carbocycles. The van der Waals surface area contributed by atoms with E-state index >= 15 is 0 Å². The van der Waals surface area contributed by atoms with Gasteiger partial charge in [0.1, 0.15) is 0 Å². The Labute approximate surface area is 128 Å². The third-order valence-electron chi connectivity index (χ3n) is 3.62. The summed E-state index contributed by atoms with van der Waals surface area (Å²) in [6, 6.07) is 17.2. The second-order valence-electron chi connectivity index (χ2n) is 5.07. The molecule has 3 aromatic rings. The predicted octanol–water partition coefficient (Wildman–Crippen LogP) is 3.97. The molecule has 0 amide bonds. The predicted molar refractivity (Wildman–Crippen MR) is 84.7 cm³/mol. The van der Waals surface area contributed by atoms with Crippen LogP contribution >= 0.6 is 11.6 Å². The molecule has 21 heavy (non-hydrogen) atoms. The number of rotatable bonds is 3. The van der Waals surface area contributed by atoms with Crippen LogP contribution < -0.4 is 4.57 Å². The number of aryl methyl sites for hydroxylation is 1. The van der Waals surface area contributed by atoms with Crippen molar-refractivity contribution in [1.82, 2.24) is 0 Å². The van der Waals surface area contributed by atoms with E-state index in [1.165, 1.54) is 10.9 Å². The first-order valence-corrected chi connectivity index (χ1v) is 7.19. The minimum absolute atomic E-state index is 0.0747. The standard InChI is InChI=1S/C18H15ClNO/c1-13-10-11-20(17-5-3-2-4-16(13)17)12-18(21)14-6-8-15(19)9-7-14/h2-11H,12H2,1H3/q+1. The highest BCUT2D eigenvalue weighted by molar-refractivity contribution is 6.30. The van der Waals surface area contributed by atoms with Crippen molar-refractivity contribution in [3.63, 3.8) is 0 Å². The summed E-state index contributed by atoms with van der Waals surface area (Å²) in [7, 11) is 0. The van der Waals surface area contributed by atoms with Crippen molar-refractivity contribution in [1.29, 1.82) is 0 Å². The zero-order chi connectivity index (χ0) is 14.8. The Balaban J connectivity index is 1.97. The fourth-order valence-electron chi connectivity index (χ4n) is 2.45. The second kappa shape index (κ2) is 5.66. The number of aromatic nitrogens is 1. The van der Waals surface area contributed by atoms with E-state index in [9.17, 15) is 4.79 Å². The van der Waals surface area contributed by atoms with Crippen molar-refractivity contribution in [2.24, 2.45) is 0 Å². The van der Waals surface area contributed by atoms with Crippen molar-refractivity contribution in [2.75, 3.05) is 0 Å². The minimum atomic E-state index is 0.0747. The summed E-state index contributed by atoms with van der Waals surface area (Å²) < 4.78 is 1.99. The Hall–Kier alpha value is -2.19. The number of Topliss-reactive ketones (excluding diaryl/α,β-unsaturated/α-hetero) is 1. The summed E-state index contributed by atoms with van der Waals surface area (Å²) in [4.78, 5) is 12.4. The van der Waals surface area contributed by atoms with E-state index in [1.54, 1.807) is 24.3 Å². The maximum absolute atomic E-state index is 12.4. The number of benzene rings is 2. The molecule has 0 aliphatic heterocycles. The van der Waals surface area contributed by atoms with Crippen LogP contribution in [0.1, 0.15) is 15.9 Å². The molecule has 0 spiro atoms. The molecule has 3 rings (SSSR count). The Bertz CT molecular complexity index is 809. The average molecular weight is 297 g/mol. The van der Waals surface area contributed by atoms with Gasteiger partial charge in [-0.2, -0.15) is 4.57 Å². The van der Waals surface area contributed by atoms with E-state index in [1.807, 2.05) is 35.0 Å². The maximum atomic E-state index is 12.4. The molecule has 0 atom stereocenters. The molecular formula is C18H15ClNO+. The molecule has 0 N–H and O–H groups in total. The van der Waals surface area contributed by atoms with Gasteiger partial charge >= 0.3 is 0 Å². The van der Waals surface area contributed by atoms with Crippen LogP contribution in [0.3, 0.4) is 0 Å². The van der Waals surface area contributed by atoms with Gasteiger partial charge in [0.2, 0.25) is 17.8 Å². The van der Waals surface area contributed by atoms with Gasteiger partial charge in [-0.05, 0) is 42.8 Å². The van der Waals surface area contributed by atoms with Crippen LogP contribution in [0.2, 0.25) is 5.02 Å². The summed E-state index contributed by atoms with van der Waals surface area (Å²) in [6.07, 6.45) is 1.96. The Morgan fingerprint density at radius 1 is 1.05 bits per heavy atom. The number of carbonyl (C=O) groups excluding carboxylic acids is 1. The van der Waals surface area contributed by atoms with Crippen molar-refractivity contribution in [3.8, 4) is 0 Å². The lowest BCUT2D eigenvalue weighted by atomic mass is 10.1. The Morgan fingerprint density at radius 3 is 2.52 bits per heavy atom. The normalized spacial score (nSPS) is 10.8. The van der Waals surface area contributed by atoms with Gasteiger partial charge in [-0.25, -0.2) is 0 Å². The van der Waals surface area contributed by atoms with Crippen LogP contribution in [0, 0.1) is 6.92 Å². The Kier molecular flexibility index (Phi) is 3.72. The number of hydrogen-bond acceptors (Lipinski definition) is 1. The summed E-state index contributed by atoms with van der Waals surface area (Å²) in [6.45, 7) is 2.40. The number of hydrogen-bond donors (Lipinski definition) is 0. The summed E-state index contributed by atoms with van der Waals surface area (Å²) in [5.74, 6) is 0.0747. The molecule has 1 aromatic heterocycles. The number of pyridine rings is 1. The lowest BCUT2D eigenvalue weighted by Gasteiger charge is -2.04. The van der Waals surface area contributed by atoms with Crippen molar-refractivity contribution in [3.05, 3.63) is 76.9 Å². The van der Waals surface area contributed by atoms with Crippen molar-refractivity contribution < 1.29 is 9.36 Å². The van der Waals surface area contributed by atoms with Gasteiger partial charge < -0.3 is 0 Å². The number of para-hydroxylation sites is 1. The number of carbonyl (C=O) groups is 1. The lowest BCUT2D eigenvalue weighted by Crippen LogP contribution is -2.38. The summed E-state index contributed by atoms with van der Waals surface area (Å²) in [5, 5.41) is 1.81. The third kappa shape index (κ3) is 2.81. The first-order chi connectivity index (χ1) is 10.1. The molecule has 104 valence electrons. The van der Waals surface area contributed by atoms with Crippen LogP contribution in [0.4, 0.5) is 0 Å². The molecule has 2 aromatic carbocycles. The smallest absolute Gasteiger partial charge is 0.227 e. The first kappa shape index (κ1) is 13.8. The molecule has 0 aliphatic rings. The molecule has 0 aliphatic carbocycles. The van der Waals surface area contributed by atoms with E-state index in [4.69, 9.17) is 11.6 Å². The van der Waals surface area contributed by atoms with E-state index in [0.29, 0.717) is 17.1 Å². The topological polar surface area (TPSA) is 20.9 Å². The molecule has 0 unspecified atom stereocenters. The van der Waals surface area contributed by atoms with Gasteiger partial charge in [0.25, 0.3) is 0 Å². The van der Waals surface area contributed by atoms with Crippen LogP contribution in [0.15, 0.2) is 60.8 Å². The largest absolute Gasteiger partial charge is 0.287 e. The van der Waals surface area contributed by atoms with E-state index in [-0.39, 0.29) is 5.78 Å². The van der Waals surface area contributed by atoms with Gasteiger partial charge in [-0.1, -0.05) is 23.7 Å². The zero-order valence-electron chi connectivity index (χ0n) is 11.7. The lowest BCUT2D eigenvalue weighted by molar-refractivity contribution is -0.657. The average Bonchev–Trinajstić information content (AvgIpc) is 2.51. The number of halogens is 1. The zero-order valence-corrected chi connectivity index (χ0v) is 12.5. The van der Waals surface area contributed by atoms with Crippen LogP contribution in [-0.4, -0.2) is 5.78 Å². The molecule has 0 fully saturated rings. The van der Waals surface area contributed by atoms with E-state index in [0.717, 1.165) is 5.52 Å². The highest BCUT2D eigenvalue weighted by Crippen LogP contribution is 2.14. The molecular weight excluding hydrogens is 282 g/mol. The monoisotopic (exact) mass is 296 g/mol. The van der Waals surface area contributed by atoms with Crippen molar-refractivity contribution in [2.45, 2.75) is 13.5 Å². The number of nitrogens with zero attached hydrogens (tertiary/aromatic N) is 1. The van der Waals surface area contributed by atoms with Crippen LogP contribution in [0.25, 0.3) is 10.9 Å². The molecule has 0 saturated heterocycles. The summed E-state index contributed by atoms with van der Waals surface area (Å²) in [5.41, 5.74) is 2.96. The van der Waals surface area contributed by atoms with Crippen molar-refractivity contribution >= 4 is 28.3 Å². The van der Waals surface area contributed by atoms with Crippen LogP contribution in [0.5, 0.6) is 0 Å². The highest BCUT2D eigenvalue weighted by Gasteiger charge is 2.16. The molecule has 0 bridgehead atoms. The van der Waals surface area contributed by atoms with Gasteiger partial charge in [0.05, 0.1) is 0 Å². The molecule has 1 heterocycles. The summed E-state index contributed by atoms with van der Waals surface area (Å²) >= 11 is 5.86. The quantitative estimate of drug-likeness (QED) is 0.529. The maximum Gasteiger partial charge on any atom is 0.227 e.